The lowest BCUT2D eigenvalue weighted by Gasteiger charge is -2.14. The maximum atomic E-state index is 9.88. The van der Waals surface area contributed by atoms with E-state index >= 15 is 0 Å². The molecule has 0 fully saturated rings. The summed E-state index contributed by atoms with van der Waals surface area (Å²) in [6.45, 7) is 0.143. The van der Waals surface area contributed by atoms with Crippen molar-refractivity contribution in [1.82, 2.24) is 0 Å². The van der Waals surface area contributed by atoms with Crippen LogP contribution in [0.5, 0.6) is 11.5 Å². The number of fused-ring (bicyclic) bond motifs is 4. The van der Waals surface area contributed by atoms with Gasteiger partial charge in [0.25, 0.3) is 0 Å². The van der Waals surface area contributed by atoms with Gasteiger partial charge >= 0.3 is 0 Å². The summed E-state index contributed by atoms with van der Waals surface area (Å²) >= 11 is 0. The molecule has 1 atom stereocenters. The smallest absolute Gasteiger partial charge is 0.210 e. The Morgan fingerprint density at radius 2 is 1.14 bits per heavy atom. The monoisotopic (exact) mass is 645 g/mol. The molecule has 0 aliphatic heterocycles. The molecule has 0 saturated carbocycles. The summed E-state index contributed by atoms with van der Waals surface area (Å²) in [6.07, 6.45) is 0.612. The zero-order valence-corrected chi connectivity index (χ0v) is 27.8. The predicted molar refractivity (Wildman–Crippen MR) is 203 cm³/mol. The molecule has 2 N–H and O–H groups in total. The van der Waals surface area contributed by atoms with E-state index in [1.807, 2.05) is 48.5 Å². The zero-order valence-electron chi connectivity index (χ0n) is 29.8. The maximum Gasteiger partial charge on any atom is 0.210 e. The highest BCUT2D eigenvalue weighted by Crippen LogP contribution is 2.34. The second kappa shape index (κ2) is 15.0. The van der Waals surface area contributed by atoms with Crippen LogP contribution in [0.15, 0.2) is 115 Å². The highest BCUT2D eigenvalue weighted by Gasteiger charge is 2.14. The first-order valence-electron chi connectivity index (χ1n) is 17.2. The van der Waals surface area contributed by atoms with E-state index in [1.165, 1.54) is 7.11 Å². The van der Waals surface area contributed by atoms with Gasteiger partial charge in [-0.15, -0.1) is 0 Å². The largest absolute Gasteiger partial charge is 0.497 e. The van der Waals surface area contributed by atoms with Crippen molar-refractivity contribution in [2.75, 3.05) is 27.9 Å². The number of rotatable bonds is 5. The van der Waals surface area contributed by atoms with Crippen LogP contribution < -0.4 is 9.47 Å². The second-order valence-corrected chi connectivity index (χ2v) is 11.7. The van der Waals surface area contributed by atoms with Gasteiger partial charge in [-0.25, -0.2) is 0 Å². The molecule has 7 rings (SSSR count). The van der Waals surface area contributed by atoms with Gasteiger partial charge in [-0.2, -0.15) is 0 Å². The molecule has 7 aromatic carbocycles. The fourth-order valence-corrected chi connectivity index (χ4v) is 6.27. The standard InChI is InChI=1S/C44H34O3.CH4O/c1-29(28-45)24-30-14-19-42-41(20-15-31-8-6-10-33-26-35(46-2)17-22-37(31)33)39-12-4-5-13-40(39)43(44(42)25-30)21-16-32-9-7-11-34-27-36(47-3)18-23-38(32)34;1-2/h4-14,17-19,22-23,25-27,29,45H,24,28H2,1-3H3;2H,1H3/i1D;2T. The van der Waals surface area contributed by atoms with E-state index in [4.69, 9.17) is 12.3 Å². The van der Waals surface area contributed by atoms with E-state index in [2.05, 4.69) is 95.5 Å². The summed E-state index contributed by atoms with van der Waals surface area (Å²) in [6, 6.07) is 39.2. The molecule has 242 valence electrons. The highest BCUT2D eigenvalue weighted by molar-refractivity contribution is 6.10. The minimum atomic E-state index is -0.130. The quantitative estimate of drug-likeness (QED) is 0.145. The summed E-state index contributed by atoms with van der Waals surface area (Å²) in [4.78, 5) is 0. The van der Waals surface area contributed by atoms with Crippen molar-refractivity contribution in [3.05, 3.63) is 143 Å². The molecule has 0 saturated heterocycles. The maximum absolute atomic E-state index is 9.88. The van der Waals surface area contributed by atoms with Crippen molar-refractivity contribution >= 4 is 43.1 Å². The molecule has 1 unspecified atom stereocenters. The SMILES string of the molecule is [2H]CC(CO)Cc1ccc2c(C#Cc3cccc4cc(OC)ccc34)c3ccccc3c(C#Cc3cccc4cc(OC)ccc34)c2c1.[3H]OC. The number of ether oxygens (including phenoxy) is 2. The lowest BCUT2D eigenvalue weighted by Crippen LogP contribution is -2.04. The lowest BCUT2D eigenvalue weighted by molar-refractivity contribution is 0.237. The van der Waals surface area contributed by atoms with E-state index < -0.39 is 0 Å². The van der Waals surface area contributed by atoms with Gasteiger partial charge < -0.3 is 19.7 Å². The Morgan fingerprint density at radius 3 is 1.65 bits per heavy atom. The van der Waals surface area contributed by atoms with Gasteiger partial charge in [-0.05, 0) is 116 Å². The zero-order chi connectivity index (χ0) is 35.7. The van der Waals surface area contributed by atoms with Crippen molar-refractivity contribution in [2.24, 2.45) is 5.92 Å². The number of hydrogen-bond acceptors (Lipinski definition) is 4. The van der Waals surface area contributed by atoms with Crippen LogP contribution in [0.1, 0.15) is 36.1 Å². The van der Waals surface area contributed by atoms with Crippen LogP contribution in [0, 0.1) is 29.6 Å². The van der Waals surface area contributed by atoms with Crippen LogP contribution in [0.25, 0.3) is 43.1 Å². The summed E-state index contributed by atoms with van der Waals surface area (Å²) in [7, 11) is 4.65. The normalized spacial score (nSPS) is 11.8. The molecule has 4 nitrogen and oxygen atoms in total. The molecule has 4 heteroatoms. The van der Waals surface area contributed by atoms with Gasteiger partial charge in [0.15, 0.2) is 0 Å². The van der Waals surface area contributed by atoms with E-state index in [1.54, 1.807) is 14.2 Å². The molecule has 0 aliphatic carbocycles. The Morgan fingerprint density at radius 1 is 0.633 bits per heavy atom. The average Bonchev–Trinajstić information content (AvgIpc) is 3.17. The fraction of sp³-hybridized carbons (Fsp3) is 0.156. The van der Waals surface area contributed by atoms with Crippen LogP contribution in [0.2, 0.25) is 0 Å². The molecule has 0 heterocycles. The Bertz CT molecular complexity index is 2480. The minimum Gasteiger partial charge on any atom is -0.497 e. The Kier molecular flexibility index (Phi) is 9.33. The van der Waals surface area contributed by atoms with Gasteiger partial charge in [0.1, 0.15) is 11.5 Å². The van der Waals surface area contributed by atoms with Gasteiger partial charge in [0, 0.05) is 37.3 Å². The number of methoxy groups -OCH3 is 2. The molecular weight excluding hydrogens is 604 g/mol. The van der Waals surface area contributed by atoms with Crippen LogP contribution in [-0.4, -0.2) is 39.6 Å². The minimum absolute atomic E-state index is 0.0224. The third kappa shape index (κ3) is 6.80. The molecule has 0 bridgehead atoms. The highest BCUT2D eigenvalue weighted by atomic mass is 16.5. The third-order valence-corrected chi connectivity index (χ3v) is 8.69. The Hall–Kier alpha value is -5.78. The first-order valence-corrected chi connectivity index (χ1v) is 16.1. The average molecular weight is 646 g/mol. The molecule has 0 amide bonds. The van der Waals surface area contributed by atoms with Gasteiger partial charge in [0.05, 0.1) is 14.2 Å². The van der Waals surface area contributed by atoms with Gasteiger partial charge in [-0.3, -0.25) is 0 Å². The third-order valence-electron chi connectivity index (χ3n) is 8.69. The van der Waals surface area contributed by atoms with Gasteiger partial charge in [-0.1, -0.05) is 91.2 Å². The van der Waals surface area contributed by atoms with Crippen LogP contribution >= 0.6 is 0 Å². The Balaban J connectivity index is 0.00000144. The van der Waals surface area contributed by atoms with Crippen molar-refractivity contribution in [3.63, 3.8) is 0 Å². The number of aliphatic hydroxyl groups is 2. The number of hydrogen-bond donors (Lipinski definition) is 2. The second-order valence-electron chi connectivity index (χ2n) is 11.7. The van der Waals surface area contributed by atoms with E-state index in [9.17, 15) is 5.11 Å². The van der Waals surface area contributed by atoms with Crippen LogP contribution in [-0.2, 0) is 6.42 Å². The topological polar surface area (TPSA) is 58.9 Å². The van der Waals surface area contributed by atoms with Crippen molar-refractivity contribution in [1.29, 1.82) is 1.43 Å². The molecule has 0 aliphatic rings. The fourth-order valence-electron chi connectivity index (χ4n) is 6.27. The number of benzene rings is 7. The van der Waals surface area contributed by atoms with Crippen molar-refractivity contribution in [2.45, 2.75) is 13.3 Å². The van der Waals surface area contributed by atoms with E-state index in [-0.39, 0.29) is 19.4 Å². The Labute approximate surface area is 290 Å². The van der Waals surface area contributed by atoms with E-state index in [0.29, 0.717) is 6.42 Å². The summed E-state index contributed by atoms with van der Waals surface area (Å²) in [5.74, 6) is 15.7. The number of aliphatic hydroxyl groups excluding tert-OH is 2. The molecule has 49 heavy (non-hydrogen) atoms. The van der Waals surface area contributed by atoms with Crippen molar-refractivity contribution in [3.8, 4) is 35.2 Å². The molecule has 0 aromatic heterocycles. The van der Waals surface area contributed by atoms with Gasteiger partial charge in [0.2, 0.25) is 1.43 Å². The lowest BCUT2D eigenvalue weighted by atomic mass is 9.89. The van der Waals surface area contributed by atoms with Crippen molar-refractivity contribution < 1.29 is 21.1 Å². The molecule has 0 radical (unpaired) electrons. The van der Waals surface area contributed by atoms with E-state index in [0.717, 1.165) is 82.4 Å². The molecular formula is C45H38O4. The summed E-state index contributed by atoms with van der Waals surface area (Å²) in [5.41, 5.74) is 4.82. The predicted octanol–water partition coefficient (Wildman–Crippen LogP) is 8.90. The summed E-state index contributed by atoms with van der Waals surface area (Å²) in [5, 5.41) is 21.8. The molecule has 7 aromatic rings. The summed E-state index contributed by atoms with van der Waals surface area (Å²) < 4.78 is 24.5. The first kappa shape index (κ1) is 30.5. The first-order chi connectivity index (χ1) is 25.0. The van der Waals surface area contributed by atoms with Crippen LogP contribution in [0.3, 0.4) is 0 Å². The van der Waals surface area contributed by atoms with Crippen LogP contribution in [0.4, 0.5) is 0 Å². The molecule has 0 spiro atoms.